The number of aromatic nitrogens is 1. The number of halogens is 1. The summed E-state index contributed by atoms with van der Waals surface area (Å²) in [6.07, 6.45) is 3.81. The van der Waals surface area contributed by atoms with Gasteiger partial charge >= 0.3 is 0 Å². The molecular weight excluding hydrogens is 429 g/mol. The van der Waals surface area contributed by atoms with E-state index in [0.29, 0.717) is 19.6 Å². The molecule has 0 spiro atoms. The largest absolute Gasteiger partial charge is 0.345 e. The molecule has 0 saturated heterocycles. The van der Waals surface area contributed by atoms with Gasteiger partial charge in [0, 0.05) is 36.9 Å². The Bertz CT molecular complexity index is 1100. The molecule has 178 valence electrons. The van der Waals surface area contributed by atoms with Gasteiger partial charge in [-0.05, 0) is 62.1 Å². The summed E-state index contributed by atoms with van der Waals surface area (Å²) in [5.41, 5.74) is 3.01. The highest BCUT2D eigenvalue weighted by atomic mass is 19.1. The van der Waals surface area contributed by atoms with Crippen LogP contribution < -0.4 is 0 Å². The maximum absolute atomic E-state index is 13.5. The average molecular weight is 462 g/mol. The molecule has 4 rings (SSSR count). The topological polar surface area (TPSA) is 45.6 Å². The monoisotopic (exact) mass is 461 g/mol. The van der Waals surface area contributed by atoms with Crippen LogP contribution in [-0.2, 0) is 29.2 Å². The van der Waals surface area contributed by atoms with Crippen LogP contribution in [0.2, 0.25) is 0 Å². The maximum Gasteiger partial charge on any atom is 0.242 e. The maximum atomic E-state index is 13.5. The highest BCUT2D eigenvalue weighted by molar-refractivity contribution is 5.87. The molecule has 1 aliphatic carbocycles. The van der Waals surface area contributed by atoms with Gasteiger partial charge < -0.3 is 14.4 Å². The fourth-order valence-corrected chi connectivity index (χ4v) is 4.09. The van der Waals surface area contributed by atoms with Crippen molar-refractivity contribution in [1.29, 1.82) is 0 Å². The van der Waals surface area contributed by atoms with Gasteiger partial charge in [-0.2, -0.15) is 0 Å². The summed E-state index contributed by atoms with van der Waals surface area (Å²) in [4.78, 5) is 29.8. The van der Waals surface area contributed by atoms with Crippen LogP contribution in [0.25, 0.3) is 0 Å². The molecule has 1 saturated carbocycles. The van der Waals surface area contributed by atoms with Crippen LogP contribution in [-0.4, -0.2) is 38.8 Å². The number of hydrogen-bond donors (Lipinski definition) is 0. The van der Waals surface area contributed by atoms with Crippen molar-refractivity contribution in [2.45, 2.75) is 52.4 Å². The van der Waals surface area contributed by atoms with Crippen LogP contribution in [0.1, 0.15) is 43.5 Å². The molecular formula is C28H32FN3O2. The van der Waals surface area contributed by atoms with Crippen LogP contribution in [0, 0.1) is 11.7 Å². The lowest BCUT2D eigenvalue weighted by atomic mass is 10.2. The number of carbonyl (C=O) groups is 2. The van der Waals surface area contributed by atoms with Gasteiger partial charge in [-0.3, -0.25) is 9.59 Å². The molecule has 5 nitrogen and oxygen atoms in total. The normalized spacial score (nSPS) is 13.2. The van der Waals surface area contributed by atoms with Crippen molar-refractivity contribution in [1.82, 2.24) is 14.4 Å². The number of nitrogens with zero attached hydrogens (tertiary/aromatic N) is 3. The minimum absolute atomic E-state index is 0.0297. The van der Waals surface area contributed by atoms with Crippen molar-refractivity contribution >= 4 is 11.8 Å². The Morgan fingerprint density at radius 2 is 1.65 bits per heavy atom. The van der Waals surface area contributed by atoms with E-state index in [2.05, 4.69) is 4.57 Å². The first-order valence-corrected chi connectivity index (χ1v) is 11.9. The second-order valence-corrected chi connectivity index (χ2v) is 9.32. The number of rotatable bonds is 10. The Morgan fingerprint density at radius 3 is 2.29 bits per heavy atom. The van der Waals surface area contributed by atoms with Crippen molar-refractivity contribution in [3.05, 3.63) is 95.6 Å². The SMILES string of the molecule is CC(C)N(CC(=O)N(Cc1ccccc1)Cc1cccn1Cc1ccc(F)cc1)C(=O)C1CC1. The van der Waals surface area contributed by atoms with Gasteiger partial charge in [0.05, 0.1) is 6.54 Å². The average Bonchev–Trinajstić information content (AvgIpc) is 3.59. The first kappa shape index (κ1) is 23.7. The highest BCUT2D eigenvalue weighted by Gasteiger charge is 2.35. The Kier molecular flexibility index (Phi) is 7.46. The molecule has 1 heterocycles. The van der Waals surface area contributed by atoms with Gasteiger partial charge in [0.15, 0.2) is 0 Å². The summed E-state index contributed by atoms with van der Waals surface area (Å²) < 4.78 is 15.4. The quantitative estimate of drug-likeness (QED) is 0.433. The lowest BCUT2D eigenvalue weighted by Gasteiger charge is -2.30. The Morgan fingerprint density at radius 1 is 0.941 bits per heavy atom. The van der Waals surface area contributed by atoms with Crippen molar-refractivity contribution in [2.75, 3.05) is 6.54 Å². The lowest BCUT2D eigenvalue weighted by molar-refractivity contribution is -0.143. The van der Waals surface area contributed by atoms with Gasteiger partial charge in [-0.1, -0.05) is 42.5 Å². The standard InChI is InChI=1S/C28H32FN3O2/c1-21(2)32(28(34)24-12-13-24)20-27(33)31(18-22-7-4-3-5-8-22)19-26-9-6-16-30(26)17-23-10-14-25(29)15-11-23/h3-11,14-16,21,24H,12-13,17-20H2,1-2H3. The molecule has 2 aromatic carbocycles. The van der Waals surface area contributed by atoms with Crippen molar-refractivity contribution < 1.29 is 14.0 Å². The van der Waals surface area contributed by atoms with E-state index in [0.717, 1.165) is 29.7 Å². The molecule has 0 aliphatic heterocycles. The number of hydrogen-bond acceptors (Lipinski definition) is 2. The first-order valence-electron chi connectivity index (χ1n) is 11.9. The third-order valence-electron chi connectivity index (χ3n) is 6.25. The van der Waals surface area contributed by atoms with Crippen LogP contribution >= 0.6 is 0 Å². The smallest absolute Gasteiger partial charge is 0.242 e. The molecule has 1 aliphatic rings. The minimum Gasteiger partial charge on any atom is -0.345 e. The third-order valence-corrected chi connectivity index (χ3v) is 6.25. The summed E-state index contributed by atoms with van der Waals surface area (Å²) in [6.45, 7) is 5.48. The second-order valence-electron chi connectivity index (χ2n) is 9.32. The van der Waals surface area contributed by atoms with Gasteiger partial charge in [-0.15, -0.1) is 0 Å². The Balaban J connectivity index is 1.53. The summed E-state index contributed by atoms with van der Waals surface area (Å²) in [5.74, 6) is -0.166. The van der Waals surface area contributed by atoms with Crippen LogP contribution in [0.4, 0.5) is 4.39 Å². The molecule has 1 fully saturated rings. The molecule has 0 bridgehead atoms. The van der Waals surface area contributed by atoms with E-state index in [1.54, 1.807) is 17.0 Å². The van der Waals surface area contributed by atoms with Crippen LogP contribution in [0.15, 0.2) is 72.9 Å². The zero-order valence-electron chi connectivity index (χ0n) is 19.9. The third kappa shape index (κ3) is 6.13. The lowest BCUT2D eigenvalue weighted by Crippen LogP contribution is -2.46. The van der Waals surface area contributed by atoms with Crippen molar-refractivity contribution in [3.63, 3.8) is 0 Å². The van der Waals surface area contributed by atoms with Crippen molar-refractivity contribution in [2.24, 2.45) is 5.92 Å². The molecule has 3 aromatic rings. The van der Waals surface area contributed by atoms with Gasteiger partial charge in [-0.25, -0.2) is 4.39 Å². The van der Waals surface area contributed by atoms with E-state index in [-0.39, 0.29) is 36.1 Å². The number of amides is 2. The predicted octanol–water partition coefficient (Wildman–Crippen LogP) is 4.85. The molecule has 0 atom stereocenters. The fraction of sp³-hybridized carbons (Fsp3) is 0.357. The molecule has 2 amide bonds. The summed E-state index contributed by atoms with van der Waals surface area (Å²) in [7, 11) is 0. The first-order chi connectivity index (χ1) is 16.4. The highest BCUT2D eigenvalue weighted by Crippen LogP contribution is 2.31. The fourth-order valence-electron chi connectivity index (χ4n) is 4.09. The Hall–Kier alpha value is -3.41. The summed E-state index contributed by atoms with van der Waals surface area (Å²) in [5, 5.41) is 0. The van der Waals surface area contributed by atoms with E-state index in [4.69, 9.17) is 0 Å². The molecule has 0 radical (unpaired) electrons. The van der Waals surface area contributed by atoms with E-state index in [1.807, 2.05) is 67.4 Å². The van der Waals surface area contributed by atoms with Crippen molar-refractivity contribution in [3.8, 4) is 0 Å². The van der Waals surface area contributed by atoms with Gasteiger partial charge in [0.2, 0.25) is 11.8 Å². The van der Waals surface area contributed by atoms with E-state index < -0.39 is 0 Å². The minimum atomic E-state index is -0.258. The number of carbonyl (C=O) groups excluding carboxylic acids is 2. The van der Waals surface area contributed by atoms with Gasteiger partial charge in [0.1, 0.15) is 12.4 Å². The van der Waals surface area contributed by atoms with E-state index in [1.165, 1.54) is 12.1 Å². The summed E-state index contributed by atoms with van der Waals surface area (Å²) in [6, 6.07) is 20.3. The molecule has 6 heteroatoms. The molecule has 1 aromatic heterocycles. The van der Waals surface area contributed by atoms with E-state index in [9.17, 15) is 14.0 Å². The zero-order chi connectivity index (χ0) is 24.1. The second kappa shape index (κ2) is 10.7. The predicted molar refractivity (Wildman–Crippen MR) is 130 cm³/mol. The van der Waals surface area contributed by atoms with E-state index >= 15 is 0 Å². The van der Waals surface area contributed by atoms with Gasteiger partial charge in [0.25, 0.3) is 0 Å². The Labute approximate surface area is 200 Å². The molecule has 34 heavy (non-hydrogen) atoms. The van der Waals surface area contributed by atoms with Crippen LogP contribution in [0.5, 0.6) is 0 Å². The molecule has 0 unspecified atom stereocenters. The number of benzene rings is 2. The van der Waals surface area contributed by atoms with Crippen LogP contribution in [0.3, 0.4) is 0 Å². The zero-order valence-corrected chi connectivity index (χ0v) is 19.9. The molecule has 0 N–H and O–H groups in total. The summed E-state index contributed by atoms with van der Waals surface area (Å²) >= 11 is 0.